The van der Waals surface area contributed by atoms with E-state index in [1.54, 1.807) is 0 Å². The summed E-state index contributed by atoms with van der Waals surface area (Å²) in [6, 6.07) is 8.17. The number of hydrogen-bond donors (Lipinski definition) is 2. The van der Waals surface area contributed by atoms with Crippen molar-refractivity contribution >= 4 is 23.4 Å². The average molecular weight is 306 g/mol. The molecular weight excluding hydrogens is 280 g/mol. The first-order chi connectivity index (χ1) is 10.2. The fourth-order valence-electron chi connectivity index (χ4n) is 2.57. The van der Waals surface area contributed by atoms with E-state index in [0.717, 1.165) is 18.8 Å². The highest BCUT2D eigenvalue weighted by Gasteiger charge is 2.19. The quantitative estimate of drug-likeness (QED) is 0.802. The smallest absolute Gasteiger partial charge is 0.228 e. The van der Waals surface area contributed by atoms with Crippen LogP contribution in [0.5, 0.6) is 0 Å². The first-order valence-corrected chi connectivity index (χ1v) is 8.86. The SMILES string of the molecule is CCNCC(C)C(=O)Nc1ccccc1SC1CCCC1. The number of thioether (sulfide) groups is 1. The maximum atomic E-state index is 12.2. The van der Waals surface area contributed by atoms with Crippen LogP contribution >= 0.6 is 11.8 Å². The molecule has 1 aromatic rings. The molecule has 21 heavy (non-hydrogen) atoms. The van der Waals surface area contributed by atoms with E-state index < -0.39 is 0 Å². The summed E-state index contributed by atoms with van der Waals surface area (Å²) in [4.78, 5) is 13.4. The van der Waals surface area contributed by atoms with E-state index in [1.165, 1.54) is 30.6 Å². The normalized spacial score (nSPS) is 16.9. The van der Waals surface area contributed by atoms with E-state index in [9.17, 15) is 4.79 Å². The zero-order valence-electron chi connectivity index (χ0n) is 13.0. The minimum Gasteiger partial charge on any atom is -0.325 e. The molecule has 0 radical (unpaired) electrons. The lowest BCUT2D eigenvalue weighted by Gasteiger charge is -2.16. The molecule has 1 aromatic carbocycles. The summed E-state index contributed by atoms with van der Waals surface area (Å²) in [5.74, 6) is 0.0740. The number of amides is 1. The van der Waals surface area contributed by atoms with Gasteiger partial charge in [0.05, 0.1) is 5.69 Å². The summed E-state index contributed by atoms with van der Waals surface area (Å²) in [6.45, 7) is 5.63. The van der Waals surface area contributed by atoms with Crippen molar-refractivity contribution < 1.29 is 4.79 Å². The second-order valence-corrected chi connectivity index (χ2v) is 7.06. The Morgan fingerprint density at radius 2 is 2.05 bits per heavy atom. The van der Waals surface area contributed by atoms with Gasteiger partial charge in [-0.1, -0.05) is 38.8 Å². The molecule has 0 aliphatic heterocycles. The van der Waals surface area contributed by atoms with Crippen LogP contribution < -0.4 is 10.6 Å². The van der Waals surface area contributed by atoms with Crippen molar-refractivity contribution in [3.63, 3.8) is 0 Å². The van der Waals surface area contributed by atoms with Crippen molar-refractivity contribution in [1.82, 2.24) is 5.32 Å². The number of nitrogens with one attached hydrogen (secondary N) is 2. The number of carbonyl (C=O) groups excluding carboxylic acids is 1. The van der Waals surface area contributed by atoms with Crippen molar-refractivity contribution in [3.05, 3.63) is 24.3 Å². The summed E-state index contributed by atoms with van der Waals surface area (Å²) in [5.41, 5.74) is 0.961. The highest BCUT2D eigenvalue weighted by molar-refractivity contribution is 8.00. The van der Waals surface area contributed by atoms with Crippen LogP contribution in [0.3, 0.4) is 0 Å². The van der Waals surface area contributed by atoms with Crippen molar-refractivity contribution in [2.24, 2.45) is 5.92 Å². The van der Waals surface area contributed by atoms with E-state index in [4.69, 9.17) is 0 Å². The Morgan fingerprint density at radius 3 is 2.76 bits per heavy atom. The molecule has 0 bridgehead atoms. The Kier molecular flexibility index (Phi) is 6.58. The van der Waals surface area contributed by atoms with Gasteiger partial charge in [-0.3, -0.25) is 4.79 Å². The number of para-hydroxylation sites is 1. The van der Waals surface area contributed by atoms with Crippen molar-refractivity contribution in [2.75, 3.05) is 18.4 Å². The zero-order chi connectivity index (χ0) is 15.1. The fourth-order valence-corrected chi connectivity index (χ4v) is 3.90. The lowest BCUT2D eigenvalue weighted by Crippen LogP contribution is -2.30. The van der Waals surface area contributed by atoms with Gasteiger partial charge in [-0.25, -0.2) is 0 Å². The molecule has 0 spiro atoms. The lowest BCUT2D eigenvalue weighted by molar-refractivity contribution is -0.119. The van der Waals surface area contributed by atoms with Crippen molar-refractivity contribution in [1.29, 1.82) is 0 Å². The Labute approximate surface area is 132 Å². The fraction of sp³-hybridized carbons (Fsp3) is 0.588. The molecular formula is C17H26N2OS. The third kappa shape index (κ3) is 5.04. The minimum atomic E-state index is -0.0190. The molecule has 1 atom stereocenters. The highest BCUT2D eigenvalue weighted by Crippen LogP contribution is 2.38. The molecule has 0 saturated heterocycles. The Morgan fingerprint density at radius 1 is 1.33 bits per heavy atom. The molecule has 3 nitrogen and oxygen atoms in total. The maximum absolute atomic E-state index is 12.2. The predicted molar refractivity (Wildman–Crippen MR) is 90.9 cm³/mol. The Hall–Kier alpha value is -1.00. The van der Waals surface area contributed by atoms with Crippen LogP contribution in [0.25, 0.3) is 0 Å². The summed E-state index contributed by atoms with van der Waals surface area (Å²) >= 11 is 1.92. The van der Waals surface area contributed by atoms with Gasteiger partial charge >= 0.3 is 0 Å². The number of benzene rings is 1. The Balaban J connectivity index is 1.97. The van der Waals surface area contributed by atoms with Gasteiger partial charge in [-0.15, -0.1) is 11.8 Å². The van der Waals surface area contributed by atoms with Gasteiger partial charge < -0.3 is 10.6 Å². The summed E-state index contributed by atoms with van der Waals surface area (Å²) < 4.78 is 0. The largest absolute Gasteiger partial charge is 0.325 e. The molecule has 1 aliphatic rings. The molecule has 4 heteroatoms. The van der Waals surface area contributed by atoms with E-state index >= 15 is 0 Å². The molecule has 2 N–H and O–H groups in total. The average Bonchev–Trinajstić information content (AvgIpc) is 2.99. The van der Waals surface area contributed by atoms with Gasteiger partial charge in [0.15, 0.2) is 0 Å². The number of rotatable bonds is 7. The highest BCUT2D eigenvalue weighted by atomic mass is 32.2. The van der Waals surface area contributed by atoms with Crippen LogP contribution in [0, 0.1) is 5.92 Å². The first kappa shape index (κ1) is 16.4. The van der Waals surface area contributed by atoms with Gasteiger partial charge in [-0.05, 0) is 31.5 Å². The van der Waals surface area contributed by atoms with Crippen molar-refractivity contribution in [3.8, 4) is 0 Å². The third-order valence-corrected chi connectivity index (χ3v) is 5.30. The molecule has 0 aromatic heterocycles. The standard InChI is InChI=1S/C17H26N2OS/c1-3-18-12-13(2)17(20)19-15-10-6-7-11-16(15)21-14-8-4-5-9-14/h6-7,10-11,13-14,18H,3-5,8-9,12H2,1-2H3,(H,19,20). The third-order valence-electron chi connectivity index (χ3n) is 3.89. The number of anilines is 1. The summed E-state index contributed by atoms with van der Waals surface area (Å²) in [5, 5.41) is 7.03. The molecule has 1 fully saturated rings. The van der Waals surface area contributed by atoms with E-state index in [-0.39, 0.29) is 11.8 Å². The van der Waals surface area contributed by atoms with Crippen LogP contribution in [-0.4, -0.2) is 24.2 Å². The van der Waals surface area contributed by atoms with Gasteiger partial charge in [0.2, 0.25) is 5.91 Å². The Bertz CT molecular complexity index is 458. The second-order valence-electron chi connectivity index (χ2n) is 5.72. The van der Waals surface area contributed by atoms with E-state index in [1.807, 2.05) is 30.8 Å². The van der Waals surface area contributed by atoms with E-state index in [2.05, 4.69) is 29.7 Å². The van der Waals surface area contributed by atoms with Gasteiger partial charge in [-0.2, -0.15) is 0 Å². The molecule has 1 saturated carbocycles. The number of carbonyl (C=O) groups is 1. The molecule has 1 aliphatic carbocycles. The number of hydrogen-bond acceptors (Lipinski definition) is 3. The van der Waals surface area contributed by atoms with Crippen LogP contribution in [-0.2, 0) is 4.79 Å². The first-order valence-electron chi connectivity index (χ1n) is 7.98. The van der Waals surface area contributed by atoms with Gasteiger partial charge in [0.25, 0.3) is 0 Å². The van der Waals surface area contributed by atoms with Gasteiger partial charge in [0, 0.05) is 22.6 Å². The van der Waals surface area contributed by atoms with Crippen LogP contribution in [0.2, 0.25) is 0 Å². The topological polar surface area (TPSA) is 41.1 Å². The second kappa shape index (κ2) is 8.44. The van der Waals surface area contributed by atoms with Crippen molar-refractivity contribution in [2.45, 2.75) is 49.7 Å². The minimum absolute atomic E-state index is 0.0190. The molecule has 1 amide bonds. The van der Waals surface area contributed by atoms with Gasteiger partial charge in [0.1, 0.15) is 0 Å². The molecule has 2 rings (SSSR count). The zero-order valence-corrected chi connectivity index (χ0v) is 13.8. The maximum Gasteiger partial charge on any atom is 0.228 e. The molecule has 116 valence electrons. The van der Waals surface area contributed by atoms with Crippen LogP contribution in [0.1, 0.15) is 39.5 Å². The lowest BCUT2D eigenvalue weighted by atomic mass is 10.1. The monoisotopic (exact) mass is 306 g/mol. The summed E-state index contributed by atoms with van der Waals surface area (Å²) in [6.07, 6.45) is 5.27. The van der Waals surface area contributed by atoms with E-state index in [0.29, 0.717) is 5.25 Å². The van der Waals surface area contributed by atoms with Crippen LogP contribution in [0.4, 0.5) is 5.69 Å². The molecule has 1 unspecified atom stereocenters. The molecule has 0 heterocycles. The van der Waals surface area contributed by atoms with Crippen LogP contribution in [0.15, 0.2) is 29.2 Å². The summed E-state index contributed by atoms with van der Waals surface area (Å²) in [7, 11) is 0. The predicted octanol–water partition coefficient (Wildman–Crippen LogP) is 3.91.